The van der Waals surface area contributed by atoms with Crippen LogP contribution >= 0.6 is 24.0 Å². The predicted molar refractivity (Wildman–Crippen MR) is 128 cm³/mol. The van der Waals surface area contributed by atoms with Crippen LogP contribution in [0.5, 0.6) is 5.75 Å². The first-order chi connectivity index (χ1) is 13.2. The average molecular weight is 494 g/mol. The molecule has 1 aliphatic heterocycles. The lowest BCUT2D eigenvalue weighted by molar-refractivity contribution is 0.414. The molecule has 0 aromatic heterocycles. The molecule has 0 radical (unpaired) electrons. The molecule has 6 heteroatoms. The third-order valence-corrected chi connectivity index (χ3v) is 5.02. The quantitative estimate of drug-likeness (QED) is 0.366. The van der Waals surface area contributed by atoms with E-state index in [9.17, 15) is 0 Å². The fourth-order valence-electron chi connectivity index (χ4n) is 3.37. The van der Waals surface area contributed by atoms with Crippen LogP contribution in [-0.4, -0.2) is 45.8 Å². The van der Waals surface area contributed by atoms with E-state index in [1.165, 1.54) is 16.8 Å². The van der Waals surface area contributed by atoms with E-state index in [2.05, 4.69) is 63.8 Å². The van der Waals surface area contributed by atoms with Crippen LogP contribution in [0.3, 0.4) is 0 Å². The highest BCUT2D eigenvalue weighted by Gasteiger charge is 2.23. The van der Waals surface area contributed by atoms with E-state index >= 15 is 0 Å². The minimum absolute atomic E-state index is 0. The lowest BCUT2D eigenvalue weighted by Gasteiger charge is -2.20. The van der Waals surface area contributed by atoms with Crippen molar-refractivity contribution < 1.29 is 4.74 Å². The largest absolute Gasteiger partial charge is 0.497 e. The lowest BCUT2D eigenvalue weighted by Crippen LogP contribution is -2.45. The molecule has 1 saturated heterocycles. The minimum atomic E-state index is 0. The minimum Gasteiger partial charge on any atom is -0.497 e. The highest BCUT2D eigenvalue weighted by atomic mass is 127. The Kier molecular flexibility index (Phi) is 8.89. The summed E-state index contributed by atoms with van der Waals surface area (Å²) in [5, 5.41) is 6.98. The van der Waals surface area contributed by atoms with Crippen molar-refractivity contribution in [3.8, 4) is 5.75 Å². The van der Waals surface area contributed by atoms with Crippen LogP contribution in [0.25, 0.3) is 0 Å². The van der Waals surface area contributed by atoms with Gasteiger partial charge in [0.2, 0.25) is 0 Å². The van der Waals surface area contributed by atoms with Crippen LogP contribution in [0.4, 0.5) is 5.69 Å². The Hall–Kier alpha value is -1.96. The monoisotopic (exact) mass is 494 g/mol. The smallest absolute Gasteiger partial charge is 0.191 e. The molecule has 0 spiro atoms. The number of aliphatic imine (C=N–C) groups is 1. The molecule has 152 valence electrons. The fraction of sp³-hybridized carbons (Fsp3) is 0.409. The average Bonchev–Trinajstić information content (AvgIpc) is 3.17. The molecule has 0 aliphatic carbocycles. The number of aryl methyl sites for hydroxylation is 1. The summed E-state index contributed by atoms with van der Waals surface area (Å²) >= 11 is 0. The number of hydrogen-bond acceptors (Lipinski definition) is 3. The van der Waals surface area contributed by atoms with Crippen molar-refractivity contribution in [2.24, 2.45) is 4.99 Å². The lowest BCUT2D eigenvalue weighted by atomic mass is 10.1. The van der Waals surface area contributed by atoms with E-state index in [1.54, 1.807) is 7.11 Å². The number of halogens is 1. The van der Waals surface area contributed by atoms with Gasteiger partial charge in [0.05, 0.1) is 7.11 Å². The first-order valence-corrected chi connectivity index (χ1v) is 9.59. The fourth-order valence-corrected chi connectivity index (χ4v) is 3.37. The standard InChI is InChI=1S/C22H30N4O.HI/c1-17-4-8-20(9-5-17)26-15-13-19(16-26)25-22(23-2)24-14-12-18-6-10-21(27-3)11-7-18;/h4-11,19H,12-16H2,1-3H3,(H2,23,24,25);1H. The van der Waals surface area contributed by atoms with Crippen molar-refractivity contribution in [2.45, 2.75) is 25.8 Å². The van der Waals surface area contributed by atoms with Gasteiger partial charge in [0.15, 0.2) is 5.96 Å². The maximum Gasteiger partial charge on any atom is 0.191 e. The molecule has 3 rings (SSSR count). The van der Waals surface area contributed by atoms with Gasteiger partial charge in [0.25, 0.3) is 0 Å². The summed E-state index contributed by atoms with van der Waals surface area (Å²) in [6.45, 7) is 5.05. The maximum atomic E-state index is 5.20. The third kappa shape index (κ3) is 6.29. The van der Waals surface area contributed by atoms with Gasteiger partial charge in [-0.25, -0.2) is 0 Å². The molecule has 0 bridgehead atoms. The van der Waals surface area contributed by atoms with Gasteiger partial charge in [-0.15, -0.1) is 24.0 Å². The predicted octanol–water partition coefficient (Wildman–Crippen LogP) is 3.61. The molecular weight excluding hydrogens is 463 g/mol. The van der Waals surface area contributed by atoms with Crippen molar-refractivity contribution in [1.29, 1.82) is 0 Å². The molecule has 2 aromatic rings. The number of benzene rings is 2. The molecule has 0 amide bonds. The van der Waals surface area contributed by atoms with Gasteiger partial charge in [0, 0.05) is 38.4 Å². The number of nitrogens with one attached hydrogen (secondary N) is 2. The number of anilines is 1. The zero-order chi connectivity index (χ0) is 19.1. The molecule has 2 aromatic carbocycles. The highest BCUT2D eigenvalue weighted by Crippen LogP contribution is 2.20. The van der Waals surface area contributed by atoms with Crippen molar-refractivity contribution >= 4 is 35.6 Å². The molecular formula is C22H31IN4O. The second kappa shape index (κ2) is 11.1. The van der Waals surface area contributed by atoms with Gasteiger partial charge >= 0.3 is 0 Å². The summed E-state index contributed by atoms with van der Waals surface area (Å²) in [5.41, 5.74) is 3.88. The molecule has 1 fully saturated rings. The van der Waals surface area contributed by atoms with Crippen LogP contribution in [-0.2, 0) is 6.42 Å². The van der Waals surface area contributed by atoms with Crippen molar-refractivity contribution in [1.82, 2.24) is 10.6 Å². The number of ether oxygens (including phenoxy) is 1. The topological polar surface area (TPSA) is 48.9 Å². The normalized spacial score (nSPS) is 16.5. The summed E-state index contributed by atoms with van der Waals surface area (Å²) in [5.74, 6) is 1.77. The number of guanidine groups is 1. The van der Waals surface area contributed by atoms with Gasteiger partial charge < -0.3 is 20.3 Å². The van der Waals surface area contributed by atoms with Crippen molar-refractivity contribution in [3.63, 3.8) is 0 Å². The van der Waals surface area contributed by atoms with E-state index in [1.807, 2.05) is 19.2 Å². The first kappa shape index (κ1) is 22.3. The number of methoxy groups -OCH3 is 1. The Balaban J connectivity index is 0.00000280. The second-order valence-electron chi connectivity index (χ2n) is 7.01. The summed E-state index contributed by atoms with van der Waals surface area (Å²) in [6, 6.07) is 17.4. The molecule has 1 atom stereocenters. The number of hydrogen-bond donors (Lipinski definition) is 2. The van der Waals surface area contributed by atoms with Gasteiger partial charge in [-0.2, -0.15) is 0 Å². The van der Waals surface area contributed by atoms with Gasteiger partial charge in [-0.05, 0) is 49.6 Å². The Labute approximate surface area is 185 Å². The molecule has 5 nitrogen and oxygen atoms in total. The Morgan fingerprint density at radius 2 is 1.86 bits per heavy atom. The van der Waals surface area contributed by atoms with Crippen LogP contribution in [0.2, 0.25) is 0 Å². The van der Waals surface area contributed by atoms with E-state index < -0.39 is 0 Å². The SMILES string of the molecule is CN=C(NCCc1ccc(OC)cc1)NC1CCN(c2ccc(C)cc2)C1.I. The number of nitrogens with zero attached hydrogens (tertiary/aromatic N) is 2. The highest BCUT2D eigenvalue weighted by molar-refractivity contribution is 14.0. The van der Waals surface area contributed by atoms with Crippen molar-refractivity contribution in [3.05, 3.63) is 59.7 Å². The van der Waals surface area contributed by atoms with E-state index in [0.29, 0.717) is 6.04 Å². The molecule has 1 unspecified atom stereocenters. The first-order valence-electron chi connectivity index (χ1n) is 9.59. The Morgan fingerprint density at radius 3 is 2.50 bits per heavy atom. The van der Waals surface area contributed by atoms with Gasteiger partial charge in [-0.1, -0.05) is 29.8 Å². The zero-order valence-electron chi connectivity index (χ0n) is 16.9. The van der Waals surface area contributed by atoms with Crippen LogP contribution in [0.1, 0.15) is 17.5 Å². The van der Waals surface area contributed by atoms with Crippen LogP contribution < -0.4 is 20.3 Å². The molecule has 1 aliphatic rings. The van der Waals surface area contributed by atoms with E-state index in [4.69, 9.17) is 4.74 Å². The second-order valence-corrected chi connectivity index (χ2v) is 7.01. The van der Waals surface area contributed by atoms with Gasteiger partial charge in [-0.3, -0.25) is 4.99 Å². The Morgan fingerprint density at radius 1 is 1.14 bits per heavy atom. The number of rotatable bonds is 6. The summed E-state index contributed by atoms with van der Waals surface area (Å²) < 4.78 is 5.20. The van der Waals surface area contributed by atoms with E-state index in [-0.39, 0.29) is 24.0 Å². The summed E-state index contributed by atoms with van der Waals surface area (Å²) in [7, 11) is 3.52. The Bertz CT molecular complexity index is 746. The summed E-state index contributed by atoms with van der Waals surface area (Å²) in [6.07, 6.45) is 2.07. The molecule has 1 heterocycles. The van der Waals surface area contributed by atoms with Crippen molar-refractivity contribution in [2.75, 3.05) is 38.7 Å². The van der Waals surface area contributed by atoms with Crippen LogP contribution in [0, 0.1) is 6.92 Å². The molecule has 0 saturated carbocycles. The zero-order valence-corrected chi connectivity index (χ0v) is 19.3. The third-order valence-electron chi connectivity index (χ3n) is 5.02. The van der Waals surface area contributed by atoms with Crippen LogP contribution in [0.15, 0.2) is 53.5 Å². The maximum absolute atomic E-state index is 5.20. The molecule has 2 N–H and O–H groups in total. The van der Waals surface area contributed by atoms with E-state index in [0.717, 1.165) is 44.2 Å². The summed E-state index contributed by atoms with van der Waals surface area (Å²) in [4.78, 5) is 6.81. The van der Waals surface area contributed by atoms with Gasteiger partial charge in [0.1, 0.15) is 5.75 Å². The molecule has 28 heavy (non-hydrogen) atoms.